The smallest absolute Gasteiger partial charge is 0.274 e. The van der Waals surface area contributed by atoms with E-state index in [1.807, 2.05) is 23.3 Å². The zero-order chi connectivity index (χ0) is 16.0. The summed E-state index contributed by atoms with van der Waals surface area (Å²) in [4.78, 5) is 30.5. The van der Waals surface area contributed by atoms with E-state index in [4.69, 9.17) is 0 Å². The van der Waals surface area contributed by atoms with Gasteiger partial charge in [0.25, 0.3) is 5.91 Å². The molecule has 0 spiro atoms. The summed E-state index contributed by atoms with van der Waals surface area (Å²) in [5.74, 6) is 0.875. The molecule has 1 saturated heterocycles. The van der Waals surface area contributed by atoms with Gasteiger partial charge in [0.1, 0.15) is 5.69 Å². The molecule has 1 aromatic rings. The molecule has 1 aliphatic heterocycles. The summed E-state index contributed by atoms with van der Waals surface area (Å²) in [6, 6.07) is 0.469. The van der Waals surface area contributed by atoms with Crippen molar-refractivity contribution < 1.29 is 9.59 Å². The van der Waals surface area contributed by atoms with Gasteiger partial charge in [-0.25, -0.2) is 4.98 Å². The van der Waals surface area contributed by atoms with Crippen LogP contribution in [-0.4, -0.2) is 45.4 Å². The van der Waals surface area contributed by atoms with Crippen molar-refractivity contribution in [1.29, 1.82) is 0 Å². The average Bonchev–Trinajstić information content (AvgIpc) is 2.85. The molecule has 22 heavy (non-hydrogen) atoms. The van der Waals surface area contributed by atoms with Crippen LogP contribution in [0.25, 0.3) is 0 Å². The number of nitrogens with zero attached hydrogens (tertiary/aromatic N) is 3. The number of fused-ring (bicyclic) bond motifs is 1. The molecule has 0 aromatic carbocycles. The molecule has 1 aliphatic carbocycles. The number of rotatable bonds is 4. The van der Waals surface area contributed by atoms with Gasteiger partial charge < -0.3 is 14.8 Å². The molecule has 2 amide bonds. The molecule has 2 unspecified atom stereocenters. The maximum atomic E-state index is 12.5. The number of carbonyl (C=O) groups is 2. The van der Waals surface area contributed by atoms with Gasteiger partial charge in [0.05, 0.1) is 6.33 Å². The number of hydrogen-bond donors (Lipinski definition) is 1. The first-order valence-corrected chi connectivity index (χ1v) is 8.01. The van der Waals surface area contributed by atoms with Gasteiger partial charge in [-0.15, -0.1) is 0 Å². The van der Waals surface area contributed by atoms with E-state index in [-0.39, 0.29) is 23.8 Å². The summed E-state index contributed by atoms with van der Waals surface area (Å²) in [7, 11) is 0. The van der Waals surface area contributed by atoms with Crippen molar-refractivity contribution in [2.75, 3.05) is 13.1 Å². The molecular weight excluding hydrogens is 280 g/mol. The summed E-state index contributed by atoms with van der Waals surface area (Å²) in [5.41, 5.74) is 0.498. The van der Waals surface area contributed by atoms with E-state index in [1.165, 1.54) is 0 Å². The van der Waals surface area contributed by atoms with Gasteiger partial charge in [-0.3, -0.25) is 9.59 Å². The molecular formula is C16H24N4O2. The van der Waals surface area contributed by atoms with Crippen molar-refractivity contribution in [3.8, 4) is 0 Å². The van der Waals surface area contributed by atoms with Crippen LogP contribution >= 0.6 is 0 Å². The van der Waals surface area contributed by atoms with Crippen LogP contribution in [0.15, 0.2) is 12.5 Å². The first-order valence-electron chi connectivity index (χ1n) is 8.01. The van der Waals surface area contributed by atoms with Crippen LogP contribution in [0.3, 0.4) is 0 Å². The molecule has 2 heterocycles. The monoisotopic (exact) mass is 304 g/mol. The van der Waals surface area contributed by atoms with E-state index >= 15 is 0 Å². The Kier molecular flexibility index (Phi) is 3.70. The van der Waals surface area contributed by atoms with Crippen molar-refractivity contribution in [2.45, 2.75) is 39.8 Å². The van der Waals surface area contributed by atoms with Crippen LogP contribution < -0.4 is 5.32 Å². The molecule has 120 valence electrons. The molecule has 6 nitrogen and oxygen atoms in total. The van der Waals surface area contributed by atoms with E-state index in [9.17, 15) is 9.59 Å². The highest BCUT2D eigenvalue weighted by Crippen LogP contribution is 2.52. The predicted molar refractivity (Wildman–Crippen MR) is 82.3 cm³/mol. The maximum absolute atomic E-state index is 12.5. The fourth-order valence-electron chi connectivity index (χ4n) is 3.35. The quantitative estimate of drug-likeness (QED) is 0.912. The minimum Gasteiger partial charge on any atom is -0.354 e. The Bertz CT molecular complexity index is 581. The number of piperidine rings is 1. The predicted octanol–water partition coefficient (Wildman–Crippen LogP) is 1.31. The third kappa shape index (κ3) is 2.62. The van der Waals surface area contributed by atoms with E-state index in [0.717, 1.165) is 0 Å². The minimum absolute atomic E-state index is 0.0189. The number of hydrogen-bond acceptors (Lipinski definition) is 3. The van der Waals surface area contributed by atoms with Crippen molar-refractivity contribution >= 4 is 11.8 Å². The number of carbonyl (C=O) groups excluding carboxylic acids is 2. The minimum atomic E-state index is -0.0189. The summed E-state index contributed by atoms with van der Waals surface area (Å²) < 4.78 is 1.93. The lowest BCUT2D eigenvalue weighted by molar-refractivity contribution is -0.123. The van der Waals surface area contributed by atoms with Crippen molar-refractivity contribution in [3.05, 3.63) is 18.2 Å². The van der Waals surface area contributed by atoms with Crippen LogP contribution in [0.1, 0.15) is 44.2 Å². The molecule has 2 atom stereocenters. The van der Waals surface area contributed by atoms with Gasteiger partial charge in [0, 0.05) is 37.3 Å². The second kappa shape index (κ2) is 5.41. The normalized spacial score (nSPS) is 26.5. The Morgan fingerprint density at radius 2 is 1.86 bits per heavy atom. The Balaban J connectivity index is 1.57. The lowest BCUT2D eigenvalue weighted by atomic mass is 10.2. The molecule has 6 heteroatoms. The highest BCUT2D eigenvalue weighted by molar-refractivity contribution is 5.93. The summed E-state index contributed by atoms with van der Waals surface area (Å²) >= 11 is 0. The van der Waals surface area contributed by atoms with Gasteiger partial charge in [0.2, 0.25) is 5.91 Å². The zero-order valence-corrected chi connectivity index (χ0v) is 13.6. The van der Waals surface area contributed by atoms with Gasteiger partial charge in [-0.2, -0.15) is 0 Å². The van der Waals surface area contributed by atoms with Crippen LogP contribution in [0, 0.1) is 17.8 Å². The third-order valence-corrected chi connectivity index (χ3v) is 4.63. The summed E-state index contributed by atoms with van der Waals surface area (Å²) in [6.45, 7) is 9.40. The molecule has 1 saturated carbocycles. The standard InChI is InChI=1S/C16H24N4O2/c1-9(2)18-15(21)14-11-5-19(6-12(11)14)16(22)13-7-20(8-17-13)10(3)4/h7-12,14H,5-6H2,1-4H3,(H,18,21). The lowest BCUT2D eigenvalue weighted by Crippen LogP contribution is -2.37. The number of imidazole rings is 1. The highest BCUT2D eigenvalue weighted by Gasteiger charge is 2.60. The molecule has 2 fully saturated rings. The van der Waals surface area contributed by atoms with E-state index in [1.54, 1.807) is 12.5 Å². The van der Waals surface area contributed by atoms with Crippen LogP contribution in [0.2, 0.25) is 0 Å². The summed E-state index contributed by atoms with van der Waals surface area (Å²) in [5, 5.41) is 2.97. The van der Waals surface area contributed by atoms with Crippen LogP contribution in [0.5, 0.6) is 0 Å². The molecule has 0 radical (unpaired) electrons. The molecule has 1 N–H and O–H groups in total. The van der Waals surface area contributed by atoms with Crippen LogP contribution in [0.4, 0.5) is 0 Å². The molecule has 0 bridgehead atoms. The highest BCUT2D eigenvalue weighted by atomic mass is 16.2. The fourth-order valence-corrected chi connectivity index (χ4v) is 3.35. The van der Waals surface area contributed by atoms with Gasteiger partial charge in [-0.1, -0.05) is 0 Å². The first kappa shape index (κ1) is 15.1. The SMILES string of the molecule is CC(C)NC(=O)C1C2CN(C(=O)c3cn(C(C)C)cn3)CC21. The van der Waals surface area contributed by atoms with Crippen LogP contribution in [-0.2, 0) is 4.79 Å². The Hall–Kier alpha value is -1.85. The third-order valence-electron chi connectivity index (χ3n) is 4.63. The van der Waals surface area contributed by atoms with Gasteiger partial charge >= 0.3 is 0 Å². The molecule has 3 rings (SSSR count). The van der Waals surface area contributed by atoms with Crippen molar-refractivity contribution in [3.63, 3.8) is 0 Å². The Morgan fingerprint density at radius 3 is 2.36 bits per heavy atom. The molecule has 1 aromatic heterocycles. The van der Waals surface area contributed by atoms with Gasteiger partial charge in [-0.05, 0) is 39.5 Å². The maximum Gasteiger partial charge on any atom is 0.274 e. The summed E-state index contributed by atoms with van der Waals surface area (Å²) in [6.07, 6.45) is 3.51. The first-order chi connectivity index (χ1) is 10.4. The Morgan fingerprint density at radius 1 is 1.23 bits per heavy atom. The van der Waals surface area contributed by atoms with E-state index in [0.29, 0.717) is 36.7 Å². The fraction of sp³-hybridized carbons (Fsp3) is 0.688. The van der Waals surface area contributed by atoms with Gasteiger partial charge in [0.15, 0.2) is 0 Å². The number of likely N-dealkylation sites (tertiary alicyclic amines) is 1. The van der Waals surface area contributed by atoms with E-state index < -0.39 is 0 Å². The zero-order valence-electron chi connectivity index (χ0n) is 13.6. The second-order valence-corrected chi connectivity index (χ2v) is 7.03. The van der Waals surface area contributed by atoms with Crippen molar-refractivity contribution in [1.82, 2.24) is 19.8 Å². The van der Waals surface area contributed by atoms with Crippen molar-refractivity contribution in [2.24, 2.45) is 17.8 Å². The lowest BCUT2D eigenvalue weighted by Gasteiger charge is -2.19. The topological polar surface area (TPSA) is 67.2 Å². The number of amides is 2. The second-order valence-electron chi connectivity index (χ2n) is 7.03. The largest absolute Gasteiger partial charge is 0.354 e. The average molecular weight is 304 g/mol. The number of nitrogens with one attached hydrogen (secondary N) is 1. The molecule has 2 aliphatic rings. The van der Waals surface area contributed by atoms with E-state index in [2.05, 4.69) is 24.1 Å². The Labute approximate surface area is 130 Å². The number of aromatic nitrogens is 2.